The first-order valence-electron chi connectivity index (χ1n) is 8.41. The lowest BCUT2D eigenvalue weighted by molar-refractivity contribution is -0.122. The van der Waals surface area contributed by atoms with Crippen LogP contribution in [-0.4, -0.2) is 11.9 Å². The number of nitrogens with one attached hydrogen (secondary N) is 1. The standard InChI is InChI=1S/C21H19NO2S/c1-14(13-15-7-6-12-25-15)22-21(23)20-16-8-2-4-10-18(16)24-19-11-5-3-9-17(19)20/h2-12,14,20H,13H2,1H3,(H,22,23)/t14-/m1/s1. The van der Waals surface area contributed by atoms with Crippen LogP contribution in [0.25, 0.3) is 0 Å². The van der Waals surface area contributed by atoms with E-state index >= 15 is 0 Å². The highest BCUT2D eigenvalue weighted by Gasteiger charge is 2.32. The van der Waals surface area contributed by atoms with Crippen molar-refractivity contribution in [2.75, 3.05) is 0 Å². The predicted octanol–water partition coefficient (Wildman–Crippen LogP) is 4.73. The molecule has 126 valence electrons. The molecule has 0 bridgehead atoms. The molecule has 3 aromatic rings. The molecule has 0 saturated carbocycles. The van der Waals surface area contributed by atoms with E-state index in [9.17, 15) is 4.79 Å². The highest BCUT2D eigenvalue weighted by molar-refractivity contribution is 7.09. The van der Waals surface area contributed by atoms with Crippen LogP contribution in [0.4, 0.5) is 0 Å². The molecule has 0 saturated heterocycles. The molecule has 4 heteroatoms. The highest BCUT2D eigenvalue weighted by Crippen LogP contribution is 2.43. The lowest BCUT2D eigenvalue weighted by Gasteiger charge is -2.28. The van der Waals surface area contributed by atoms with Gasteiger partial charge in [-0.15, -0.1) is 11.3 Å². The summed E-state index contributed by atoms with van der Waals surface area (Å²) >= 11 is 1.72. The van der Waals surface area contributed by atoms with Crippen LogP contribution in [0.3, 0.4) is 0 Å². The van der Waals surface area contributed by atoms with Crippen LogP contribution in [0.1, 0.15) is 28.8 Å². The molecule has 3 nitrogen and oxygen atoms in total. The Morgan fingerprint density at radius 1 is 1.04 bits per heavy atom. The number of amides is 1. The number of fused-ring (bicyclic) bond motifs is 2. The maximum absolute atomic E-state index is 13.1. The molecule has 0 aliphatic carbocycles. The van der Waals surface area contributed by atoms with Gasteiger partial charge >= 0.3 is 0 Å². The zero-order valence-electron chi connectivity index (χ0n) is 13.9. The first-order chi connectivity index (χ1) is 12.2. The first kappa shape index (κ1) is 15.9. The minimum Gasteiger partial charge on any atom is -0.457 e. The van der Waals surface area contributed by atoms with Crippen molar-refractivity contribution < 1.29 is 9.53 Å². The summed E-state index contributed by atoms with van der Waals surface area (Å²) in [5.74, 6) is 1.19. The second-order valence-corrected chi connectivity index (χ2v) is 7.34. The fraction of sp³-hybridized carbons (Fsp3) is 0.190. The van der Waals surface area contributed by atoms with Gasteiger partial charge in [-0.3, -0.25) is 4.79 Å². The van der Waals surface area contributed by atoms with Gasteiger partial charge in [-0.2, -0.15) is 0 Å². The molecule has 1 N–H and O–H groups in total. The number of rotatable bonds is 4. The average molecular weight is 349 g/mol. The molecular formula is C21H19NO2S. The maximum atomic E-state index is 13.1. The van der Waals surface area contributed by atoms with Gasteiger partial charge in [0.25, 0.3) is 0 Å². The summed E-state index contributed by atoms with van der Waals surface area (Å²) in [7, 11) is 0. The van der Waals surface area contributed by atoms with Crippen molar-refractivity contribution in [2.45, 2.75) is 25.3 Å². The van der Waals surface area contributed by atoms with Gasteiger partial charge in [-0.25, -0.2) is 0 Å². The second-order valence-electron chi connectivity index (χ2n) is 6.30. The van der Waals surface area contributed by atoms with Crippen molar-refractivity contribution in [3.8, 4) is 11.5 Å². The quantitative estimate of drug-likeness (QED) is 0.739. The molecular weight excluding hydrogens is 330 g/mol. The van der Waals surface area contributed by atoms with Crippen molar-refractivity contribution in [1.29, 1.82) is 0 Å². The summed E-state index contributed by atoms with van der Waals surface area (Å²) in [4.78, 5) is 14.4. The number of ether oxygens (including phenoxy) is 1. The summed E-state index contributed by atoms with van der Waals surface area (Å²) < 4.78 is 5.97. The molecule has 4 rings (SSSR count). The molecule has 1 atom stereocenters. The molecule has 0 radical (unpaired) electrons. The third kappa shape index (κ3) is 3.17. The number of para-hydroxylation sites is 2. The maximum Gasteiger partial charge on any atom is 0.232 e. The van der Waals surface area contributed by atoms with Crippen molar-refractivity contribution in [3.63, 3.8) is 0 Å². The Kier molecular flexibility index (Phi) is 4.28. The van der Waals surface area contributed by atoms with Crippen LogP contribution in [0, 0.1) is 0 Å². The fourth-order valence-corrected chi connectivity index (χ4v) is 4.14. The highest BCUT2D eigenvalue weighted by atomic mass is 32.1. The summed E-state index contributed by atoms with van der Waals surface area (Å²) in [6.07, 6.45) is 0.843. The predicted molar refractivity (Wildman–Crippen MR) is 100 cm³/mol. The minimum atomic E-state index is -0.341. The van der Waals surface area contributed by atoms with Gasteiger partial charge < -0.3 is 10.1 Å². The smallest absolute Gasteiger partial charge is 0.232 e. The SMILES string of the molecule is C[C@H](Cc1cccs1)NC(=O)C1c2ccccc2Oc2ccccc21. The zero-order valence-corrected chi connectivity index (χ0v) is 14.8. The van der Waals surface area contributed by atoms with Crippen molar-refractivity contribution in [1.82, 2.24) is 5.32 Å². The van der Waals surface area contributed by atoms with E-state index < -0.39 is 0 Å². The van der Waals surface area contributed by atoms with Gasteiger partial charge in [0.2, 0.25) is 5.91 Å². The molecule has 25 heavy (non-hydrogen) atoms. The Morgan fingerprint density at radius 3 is 2.28 bits per heavy atom. The molecule has 1 aliphatic heterocycles. The first-order valence-corrected chi connectivity index (χ1v) is 9.29. The fourth-order valence-electron chi connectivity index (χ4n) is 3.30. The lowest BCUT2D eigenvalue weighted by atomic mass is 9.87. The van der Waals surface area contributed by atoms with Gasteiger partial charge in [0.1, 0.15) is 11.5 Å². The van der Waals surface area contributed by atoms with Crippen molar-refractivity contribution in [3.05, 3.63) is 82.0 Å². The van der Waals surface area contributed by atoms with Crippen LogP contribution in [0.5, 0.6) is 11.5 Å². The number of hydrogen-bond acceptors (Lipinski definition) is 3. The molecule has 1 aromatic heterocycles. The van der Waals surface area contributed by atoms with Crippen LogP contribution >= 0.6 is 11.3 Å². The van der Waals surface area contributed by atoms with E-state index in [1.807, 2.05) is 54.6 Å². The summed E-state index contributed by atoms with van der Waals surface area (Å²) in [6.45, 7) is 2.05. The van der Waals surface area contributed by atoms with E-state index in [2.05, 4.69) is 23.7 Å². The van der Waals surface area contributed by atoms with Crippen LogP contribution in [0.2, 0.25) is 0 Å². The summed E-state index contributed by atoms with van der Waals surface area (Å²) in [5, 5.41) is 5.25. The minimum absolute atomic E-state index is 0.0206. The Labute approximate surface area is 151 Å². The van der Waals surface area contributed by atoms with Gasteiger partial charge in [0.15, 0.2) is 0 Å². The molecule has 0 fully saturated rings. The Bertz CT molecular complexity index is 843. The largest absolute Gasteiger partial charge is 0.457 e. The number of hydrogen-bond donors (Lipinski definition) is 1. The number of carbonyl (C=O) groups is 1. The van der Waals surface area contributed by atoms with Gasteiger partial charge in [0.05, 0.1) is 5.92 Å². The van der Waals surface area contributed by atoms with Crippen LogP contribution in [0.15, 0.2) is 66.0 Å². The van der Waals surface area contributed by atoms with E-state index in [-0.39, 0.29) is 17.9 Å². The van der Waals surface area contributed by atoms with E-state index in [1.165, 1.54) is 4.88 Å². The lowest BCUT2D eigenvalue weighted by Crippen LogP contribution is -2.38. The zero-order chi connectivity index (χ0) is 17.2. The summed E-state index contributed by atoms with van der Waals surface area (Å²) in [6, 6.07) is 19.8. The second kappa shape index (κ2) is 6.73. The molecule has 0 unspecified atom stereocenters. The third-order valence-corrected chi connectivity index (χ3v) is 5.32. The van der Waals surface area contributed by atoms with Crippen molar-refractivity contribution >= 4 is 17.2 Å². The molecule has 1 aliphatic rings. The van der Waals surface area contributed by atoms with Gasteiger partial charge in [-0.05, 0) is 30.5 Å². The molecule has 0 spiro atoms. The molecule has 1 amide bonds. The monoisotopic (exact) mass is 349 g/mol. The third-order valence-electron chi connectivity index (χ3n) is 4.42. The van der Waals surface area contributed by atoms with E-state index in [0.29, 0.717) is 0 Å². The van der Waals surface area contributed by atoms with Gasteiger partial charge in [0, 0.05) is 28.5 Å². The van der Waals surface area contributed by atoms with E-state index in [4.69, 9.17) is 4.74 Å². The Hall–Kier alpha value is -2.59. The van der Waals surface area contributed by atoms with Crippen LogP contribution in [-0.2, 0) is 11.2 Å². The van der Waals surface area contributed by atoms with Crippen LogP contribution < -0.4 is 10.1 Å². The number of benzene rings is 2. The van der Waals surface area contributed by atoms with Gasteiger partial charge in [-0.1, -0.05) is 42.5 Å². The Morgan fingerprint density at radius 2 is 1.68 bits per heavy atom. The normalized spacial score (nSPS) is 14.1. The number of carbonyl (C=O) groups excluding carboxylic acids is 1. The van der Waals surface area contributed by atoms with E-state index in [1.54, 1.807) is 11.3 Å². The number of thiophene rings is 1. The van der Waals surface area contributed by atoms with E-state index in [0.717, 1.165) is 29.0 Å². The average Bonchev–Trinajstić information content (AvgIpc) is 3.12. The Balaban J connectivity index is 1.61. The topological polar surface area (TPSA) is 38.3 Å². The van der Waals surface area contributed by atoms with Crippen molar-refractivity contribution in [2.24, 2.45) is 0 Å². The summed E-state index contributed by atoms with van der Waals surface area (Å²) in [5.41, 5.74) is 1.84. The molecule has 2 heterocycles. The molecule has 2 aromatic carbocycles.